The zero-order chi connectivity index (χ0) is 16.4. The van der Waals surface area contributed by atoms with Gasteiger partial charge in [0.05, 0.1) is 6.20 Å². The van der Waals surface area contributed by atoms with Gasteiger partial charge in [-0.1, -0.05) is 23.7 Å². The van der Waals surface area contributed by atoms with Crippen LogP contribution in [0.5, 0.6) is 0 Å². The van der Waals surface area contributed by atoms with Gasteiger partial charge >= 0.3 is 0 Å². The Bertz CT molecular complexity index is 674. The molecule has 1 fully saturated rings. The number of piperazine rings is 1. The van der Waals surface area contributed by atoms with Gasteiger partial charge < -0.3 is 9.88 Å². The number of aromatic amines is 1. The van der Waals surface area contributed by atoms with Crippen molar-refractivity contribution < 1.29 is 4.79 Å². The Morgan fingerprint density at radius 3 is 2.43 bits per heavy atom. The van der Waals surface area contributed by atoms with Crippen LogP contribution in [0.2, 0.25) is 5.02 Å². The topological polar surface area (TPSA) is 52.2 Å². The van der Waals surface area contributed by atoms with Gasteiger partial charge in [-0.3, -0.25) is 9.69 Å². The normalized spacial score (nSPS) is 17.3. The second-order valence-electron chi connectivity index (χ2n) is 5.94. The maximum atomic E-state index is 12.4. The maximum Gasteiger partial charge on any atom is 0.272 e. The van der Waals surface area contributed by atoms with Crippen LogP contribution in [0.15, 0.2) is 30.5 Å². The summed E-state index contributed by atoms with van der Waals surface area (Å²) in [5.41, 5.74) is 1.82. The van der Waals surface area contributed by atoms with E-state index >= 15 is 0 Å². The zero-order valence-corrected chi connectivity index (χ0v) is 14.2. The number of benzene rings is 1. The standard InChI is InChI=1S/C17H21ClN4O/c1-12(14-3-5-15(18)6-4-14)21-7-9-22(10-8-21)17(23)16-11-19-13(2)20-16/h3-6,11-12H,7-10H2,1-2H3,(H,19,20). The highest BCUT2D eigenvalue weighted by Crippen LogP contribution is 2.23. The molecule has 3 rings (SSSR count). The SMILES string of the molecule is Cc1ncc(C(=O)N2CCN(C(C)c3ccc(Cl)cc3)CC2)[nH]1. The Morgan fingerprint density at radius 2 is 1.87 bits per heavy atom. The van der Waals surface area contributed by atoms with Crippen molar-refractivity contribution >= 4 is 17.5 Å². The van der Waals surface area contributed by atoms with E-state index in [2.05, 4.69) is 33.9 Å². The summed E-state index contributed by atoms with van der Waals surface area (Å²) < 4.78 is 0. The quantitative estimate of drug-likeness (QED) is 0.940. The molecule has 23 heavy (non-hydrogen) atoms. The van der Waals surface area contributed by atoms with Crippen LogP contribution in [0.1, 0.15) is 34.8 Å². The third-order valence-corrected chi connectivity index (χ3v) is 4.69. The van der Waals surface area contributed by atoms with E-state index in [9.17, 15) is 4.79 Å². The van der Waals surface area contributed by atoms with E-state index in [-0.39, 0.29) is 5.91 Å². The molecule has 1 N–H and O–H groups in total. The number of nitrogens with one attached hydrogen (secondary N) is 1. The van der Waals surface area contributed by atoms with Crippen LogP contribution < -0.4 is 0 Å². The first kappa shape index (κ1) is 16.0. The van der Waals surface area contributed by atoms with E-state index in [0.717, 1.165) is 37.0 Å². The number of H-pyrrole nitrogens is 1. The summed E-state index contributed by atoms with van der Waals surface area (Å²) in [7, 11) is 0. The Kier molecular flexibility index (Phi) is 4.68. The number of aromatic nitrogens is 2. The highest BCUT2D eigenvalue weighted by atomic mass is 35.5. The van der Waals surface area contributed by atoms with Crippen molar-refractivity contribution in [1.29, 1.82) is 0 Å². The number of halogens is 1. The molecule has 1 aliphatic heterocycles. The molecule has 2 heterocycles. The van der Waals surface area contributed by atoms with Crippen LogP contribution in [-0.4, -0.2) is 51.9 Å². The lowest BCUT2D eigenvalue weighted by molar-refractivity contribution is 0.0577. The molecule has 0 aliphatic carbocycles. The number of carbonyl (C=O) groups is 1. The first-order chi connectivity index (χ1) is 11.0. The molecule has 5 nitrogen and oxygen atoms in total. The molecular weight excluding hydrogens is 312 g/mol. The van der Waals surface area contributed by atoms with Crippen molar-refractivity contribution in [2.75, 3.05) is 26.2 Å². The van der Waals surface area contributed by atoms with Gasteiger partial charge in [-0.05, 0) is 31.5 Å². The molecule has 1 unspecified atom stereocenters. The number of nitrogens with zero attached hydrogens (tertiary/aromatic N) is 3. The summed E-state index contributed by atoms with van der Waals surface area (Å²) in [4.78, 5) is 23.8. The van der Waals surface area contributed by atoms with E-state index in [1.54, 1.807) is 6.20 Å². The Balaban J connectivity index is 1.59. The van der Waals surface area contributed by atoms with Gasteiger partial charge in [0.1, 0.15) is 11.5 Å². The largest absolute Gasteiger partial charge is 0.338 e. The molecule has 1 saturated heterocycles. The molecule has 1 aliphatic rings. The van der Waals surface area contributed by atoms with E-state index in [0.29, 0.717) is 11.7 Å². The number of imidazole rings is 1. The van der Waals surface area contributed by atoms with Crippen LogP contribution in [0.4, 0.5) is 0 Å². The molecule has 1 atom stereocenters. The number of hydrogen-bond donors (Lipinski definition) is 1. The van der Waals surface area contributed by atoms with Gasteiger partial charge in [0.25, 0.3) is 5.91 Å². The molecule has 1 aromatic carbocycles. The average Bonchev–Trinajstić information content (AvgIpc) is 3.01. The highest BCUT2D eigenvalue weighted by molar-refractivity contribution is 6.30. The second-order valence-corrected chi connectivity index (χ2v) is 6.37. The lowest BCUT2D eigenvalue weighted by Crippen LogP contribution is -2.49. The minimum absolute atomic E-state index is 0.0318. The first-order valence-electron chi connectivity index (χ1n) is 7.85. The van der Waals surface area contributed by atoms with Crippen molar-refractivity contribution in [3.63, 3.8) is 0 Å². The maximum absolute atomic E-state index is 12.4. The van der Waals surface area contributed by atoms with Gasteiger partial charge in [0, 0.05) is 37.2 Å². The van der Waals surface area contributed by atoms with E-state index in [1.165, 1.54) is 5.56 Å². The fraction of sp³-hybridized carbons (Fsp3) is 0.412. The summed E-state index contributed by atoms with van der Waals surface area (Å²) in [6, 6.07) is 8.30. The summed E-state index contributed by atoms with van der Waals surface area (Å²) in [6.07, 6.45) is 1.61. The molecule has 1 amide bonds. The number of amides is 1. The lowest BCUT2D eigenvalue weighted by Gasteiger charge is -2.38. The van der Waals surface area contributed by atoms with Gasteiger partial charge in [-0.2, -0.15) is 0 Å². The Morgan fingerprint density at radius 1 is 1.22 bits per heavy atom. The van der Waals surface area contributed by atoms with Crippen molar-refractivity contribution in [1.82, 2.24) is 19.8 Å². The van der Waals surface area contributed by atoms with Crippen LogP contribution in [-0.2, 0) is 0 Å². The lowest BCUT2D eigenvalue weighted by atomic mass is 10.1. The smallest absolute Gasteiger partial charge is 0.272 e. The number of rotatable bonds is 3. The number of carbonyl (C=O) groups excluding carboxylic acids is 1. The Labute approximate surface area is 141 Å². The van der Waals surface area contributed by atoms with Crippen molar-refractivity contribution in [2.45, 2.75) is 19.9 Å². The van der Waals surface area contributed by atoms with Crippen LogP contribution in [0.25, 0.3) is 0 Å². The first-order valence-corrected chi connectivity index (χ1v) is 8.23. The van der Waals surface area contributed by atoms with E-state index in [1.807, 2.05) is 24.0 Å². The fourth-order valence-corrected chi connectivity index (χ4v) is 3.09. The third-order valence-electron chi connectivity index (χ3n) is 4.43. The van der Waals surface area contributed by atoms with Gasteiger partial charge in [-0.25, -0.2) is 4.98 Å². The summed E-state index contributed by atoms with van der Waals surface area (Å²) in [5, 5.41) is 0.756. The van der Waals surface area contributed by atoms with E-state index < -0.39 is 0 Å². The molecule has 0 spiro atoms. The monoisotopic (exact) mass is 332 g/mol. The third kappa shape index (κ3) is 3.57. The molecule has 0 saturated carbocycles. The molecular formula is C17H21ClN4O. The van der Waals surface area contributed by atoms with Crippen molar-refractivity contribution in [3.8, 4) is 0 Å². The van der Waals surface area contributed by atoms with Crippen molar-refractivity contribution in [3.05, 3.63) is 52.6 Å². The second kappa shape index (κ2) is 6.72. The minimum Gasteiger partial charge on any atom is -0.338 e. The average molecular weight is 333 g/mol. The Hall–Kier alpha value is -1.85. The van der Waals surface area contributed by atoms with Crippen LogP contribution in [0, 0.1) is 6.92 Å². The highest BCUT2D eigenvalue weighted by Gasteiger charge is 2.26. The van der Waals surface area contributed by atoms with Gasteiger partial charge in [0.2, 0.25) is 0 Å². The number of hydrogen-bond acceptors (Lipinski definition) is 3. The van der Waals surface area contributed by atoms with Gasteiger partial charge in [0.15, 0.2) is 0 Å². The fourth-order valence-electron chi connectivity index (χ4n) is 2.96. The van der Waals surface area contributed by atoms with Crippen molar-refractivity contribution in [2.24, 2.45) is 0 Å². The molecule has 6 heteroatoms. The summed E-state index contributed by atoms with van der Waals surface area (Å²) in [6.45, 7) is 7.23. The van der Waals surface area contributed by atoms with E-state index in [4.69, 9.17) is 11.6 Å². The molecule has 0 bridgehead atoms. The predicted octanol–water partition coefficient (Wildman–Crippen LogP) is 2.89. The van der Waals surface area contributed by atoms with Crippen LogP contribution >= 0.6 is 11.6 Å². The van der Waals surface area contributed by atoms with Crippen LogP contribution in [0.3, 0.4) is 0 Å². The minimum atomic E-state index is 0.0318. The summed E-state index contributed by atoms with van der Waals surface area (Å²) in [5.74, 6) is 0.799. The molecule has 122 valence electrons. The number of aryl methyl sites for hydroxylation is 1. The molecule has 0 radical (unpaired) electrons. The molecule has 1 aromatic heterocycles. The zero-order valence-electron chi connectivity index (χ0n) is 13.4. The molecule has 2 aromatic rings. The van der Waals surface area contributed by atoms with Gasteiger partial charge in [-0.15, -0.1) is 0 Å². The summed E-state index contributed by atoms with van der Waals surface area (Å²) >= 11 is 5.95. The predicted molar refractivity (Wildman–Crippen MR) is 90.7 cm³/mol.